The molecule has 0 unspecified atom stereocenters. The lowest BCUT2D eigenvalue weighted by molar-refractivity contribution is -0.116. The molecule has 0 saturated heterocycles. The summed E-state index contributed by atoms with van der Waals surface area (Å²) >= 11 is 7.56. The highest BCUT2D eigenvalue weighted by molar-refractivity contribution is 7.15. The Hall–Kier alpha value is -2.19. The van der Waals surface area contributed by atoms with Gasteiger partial charge in [0.05, 0.1) is 5.69 Å². The number of hydrogen-bond donors (Lipinski definition) is 1. The van der Waals surface area contributed by atoms with Crippen LogP contribution in [0.4, 0.5) is 0 Å². The van der Waals surface area contributed by atoms with Crippen LogP contribution in [0.2, 0.25) is 5.15 Å². The van der Waals surface area contributed by atoms with E-state index in [1.165, 1.54) is 17.4 Å². The van der Waals surface area contributed by atoms with E-state index in [1.54, 1.807) is 6.08 Å². The molecule has 0 aliphatic carbocycles. The van der Waals surface area contributed by atoms with Gasteiger partial charge in [-0.25, -0.2) is 4.98 Å². The number of nitrogens with one attached hydrogen (secondary N) is 1. The van der Waals surface area contributed by atoms with Crippen LogP contribution in [0.1, 0.15) is 17.3 Å². The molecule has 0 atom stereocenters. The standard InChI is InChI=1S/C14H15ClN6OS/c1-9-18-19-11(20(9)2)5-6-16-12(22)4-3-10-13(15)17-14-21(10)7-8-23-14/h3-4,7-8H,5-6H2,1-2H3,(H,16,22)/b4-3+. The third kappa shape index (κ3) is 3.27. The van der Waals surface area contributed by atoms with Gasteiger partial charge in [0, 0.05) is 37.7 Å². The van der Waals surface area contributed by atoms with Crippen molar-refractivity contribution in [2.75, 3.05) is 6.54 Å². The number of aryl methyl sites for hydroxylation is 1. The van der Waals surface area contributed by atoms with Gasteiger partial charge in [0.2, 0.25) is 5.91 Å². The average molecular weight is 351 g/mol. The zero-order chi connectivity index (χ0) is 16.4. The van der Waals surface area contributed by atoms with Gasteiger partial charge in [-0.15, -0.1) is 21.5 Å². The lowest BCUT2D eigenvalue weighted by Crippen LogP contribution is -2.24. The minimum absolute atomic E-state index is 0.190. The summed E-state index contributed by atoms with van der Waals surface area (Å²) in [5.74, 6) is 1.50. The Labute approximate surface area is 141 Å². The van der Waals surface area contributed by atoms with Gasteiger partial charge in [-0.3, -0.25) is 9.20 Å². The topological polar surface area (TPSA) is 77.1 Å². The van der Waals surface area contributed by atoms with Crippen LogP contribution in [-0.2, 0) is 18.3 Å². The van der Waals surface area contributed by atoms with Crippen LogP contribution in [0.25, 0.3) is 11.0 Å². The minimum Gasteiger partial charge on any atom is -0.352 e. The SMILES string of the molecule is Cc1nnc(CCNC(=O)/C=C/c2c(Cl)nc3sccn23)n1C. The molecule has 0 aliphatic heterocycles. The number of aromatic nitrogens is 5. The van der Waals surface area contributed by atoms with Crippen molar-refractivity contribution in [2.24, 2.45) is 7.05 Å². The summed E-state index contributed by atoms with van der Waals surface area (Å²) in [7, 11) is 1.90. The molecule has 23 heavy (non-hydrogen) atoms. The van der Waals surface area contributed by atoms with E-state index in [4.69, 9.17) is 11.6 Å². The molecule has 3 aromatic heterocycles. The van der Waals surface area contributed by atoms with Gasteiger partial charge in [-0.05, 0) is 13.0 Å². The van der Waals surface area contributed by atoms with Crippen molar-refractivity contribution in [1.29, 1.82) is 0 Å². The average Bonchev–Trinajstić information content (AvgIpc) is 3.16. The summed E-state index contributed by atoms with van der Waals surface area (Å²) in [5.41, 5.74) is 0.696. The molecule has 0 saturated carbocycles. The molecule has 0 aliphatic rings. The van der Waals surface area contributed by atoms with Crippen LogP contribution in [0.5, 0.6) is 0 Å². The third-order valence-electron chi connectivity index (χ3n) is 3.48. The monoisotopic (exact) mass is 350 g/mol. The van der Waals surface area contributed by atoms with E-state index >= 15 is 0 Å². The second kappa shape index (κ2) is 6.51. The summed E-state index contributed by atoms with van der Waals surface area (Å²) in [5, 5.41) is 13.1. The number of thiazole rings is 1. The normalized spacial score (nSPS) is 11.6. The minimum atomic E-state index is -0.190. The summed E-state index contributed by atoms with van der Waals surface area (Å²) in [6.07, 6.45) is 5.61. The van der Waals surface area contributed by atoms with Crippen molar-refractivity contribution in [3.05, 3.63) is 40.1 Å². The predicted molar refractivity (Wildman–Crippen MR) is 89.6 cm³/mol. The van der Waals surface area contributed by atoms with E-state index < -0.39 is 0 Å². The van der Waals surface area contributed by atoms with Crippen molar-refractivity contribution < 1.29 is 4.79 Å². The maximum Gasteiger partial charge on any atom is 0.244 e. The van der Waals surface area contributed by atoms with Crippen LogP contribution in [0, 0.1) is 6.92 Å². The highest BCUT2D eigenvalue weighted by atomic mass is 35.5. The number of rotatable bonds is 5. The van der Waals surface area contributed by atoms with Gasteiger partial charge in [-0.1, -0.05) is 11.6 Å². The van der Waals surface area contributed by atoms with Crippen molar-refractivity contribution in [2.45, 2.75) is 13.3 Å². The van der Waals surface area contributed by atoms with Crippen LogP contribution in [-0.4, -0.2) is 36.6 Å². The number of imidazole rings is 1. The summed E-state index contributed by atoms with van der Waals surface area (Å²) in [6.45, 7) is 2.38. The maximum absolute atomic E-state index is 11.9. The molecular formula is C14H15ClN6OS. The highest BCUT2D eigenvalue weighted by Gasteiger charge is 2.09. The van der Waals surface area contributed by atoms with Crippen LogP contribution >= 0.6 is 22.9 Å². The predicted octanol–water partition coefficient (Wildman–Crippen LogP) is 1.86. The second-order valence-corrected chi connectivity index (χ2v) is 6.17. The molecule has 0 fully saturated rings. The molecule has 3 rings (SSSR count). The Kier molecular flexibility index (Phi) is 4.44. The number of amides is 1. The fourth-order valence-electron chi connectivity index (χ4n) is 2.11. The third-order valence-corrected chi connectivity index (χ3v) is 4.51. The molecule has 1 N–H and O–H groups in total. The number of carbonyl (C=O) groups is 1. The van der Waals surface area contributed by atoms with E-state index in [0.29, 0.717) is 23.8 Å². The zero-order valence-electron chi connectivity index (χ0n) is 12.7. The van der Waals surface area contributed by atoms with E-state index in [-0.39, 0.29) is 5.91 Å². The number of hydrogen-bond acceptors (Lipinski definition) is 5. The van der Waals surface area contributed by atoms with Crippen molar-refractivity contribution in [3.63, 3.8) is 0 Å². The highest BCUT2D eigenvalue weighted by Crippen LogP contribution is 2.22. The smallest absolute Gasteiger partial charge is 0.244 e. The summed E-state index contributed by atoms with van der Waals surface area (Å²) in [6, 6.07) is 0. The zero-order valence-corrected chi connectivity index (χ0v) is 14.2. The molecule has 9 heteroatoms. The molecule has 0 aromatic carbocycles. The fourth-order valence-corrected chi connectivity index (χ4v) is 3.11. The van der Waals surface area contributed by atoms with E-state index in [9.17, 15) is 4.79 Å². The van der Waals surface area contributed by atoms with Gasteiger partial charge >= 0.3 is 0 Å². The molecule has 3 heterocycles. The van der Waals surface area contributed by atoms with E-state index in [2.05, 4.69) is 20.5 Å². The molecule has 7 nitrogen and oxygen atoms in total. The Morgan fingerprint density at radius 3 is 3.04 bits per heavy atom. The first-order valence-electron chi connectivity index (χ1n) is 6.98. The van der Waals surface area contributed by atoms with Crippen LogP contribution in [0.15, 0.2) is 17.7 Å². The first-order chi connectivity index (χ1) is 11.1. The van der Waals surface area contributed by atoms with Gasteiger partial charge in [0.25, 0.3) is 0 Å². The number of halogens is 1. The molecule has 3 aromatic rings. The fraction of sp³-hybridized carbons (Fsp3) is 0.286. The van der Waals surface area contributed by atoms with Crippen molar-refractivity contribution >= 4 is 39.9 Å². The van der Waals surface area contributed by atoms with Crippen LogP contribution < -0.4 is 5.32 Å². The van der Waals surface area contributed by atoms with Gasteiger partial charge in [0.1, 0.15) is 11.6 Å². The quantitative estimate of drug-likeness (QED) is 0.712. The van der Waals surface area contributed by atoms with Gasteiger partial charge < -0.3 is 9.88 Å². The number of carbonyl (C=O) groups excluding carboxylic acids is 1. The Morgan fingerprint density at radius 1 is 1.48 bits per heavy atom. The molecule has 0 bridgehead atoms. The maximum atomic E-state index is 11.9. The Bertz CT molecular complexity index is 877. The molecular weight excluding hydrogens is 336 g/mol. The first kappa shape index (κ1) is 15.7. The number of nitrogens with zero attached hydrogens (tertiary/aromatic N) is 5. The van der Waals surface area contributed by atoms with E-state index in [1.807, 2.05) is 34.5 Å². The van der Waals surface area contributed by atoms with Crippen molar-refractivity contribution in [1.82, 2.24) is 29.5 Å². The van der Waals surface area contributed by atoms with Crippen molar-refractivity contribution in [3.8, 4) is 0 Å². The number of fused-ring (bicyclic) bond motifs is 1. The molecule has 1 amide bonds. The molecule has 0 spiro atoms. The van der Waals surface area contributed by atoms with Crippen LogP contribution in [0.3, 0.4) is 0 Å². The first-order valence-corrected chi connectivity index (χ1v) is 8.24. The summed E-state index contributed by atoms with van der Waals surface area (Å²) in [4.78, 5) is 16.9. The lowest BCUT2D eigenvalue weighted by Gasteiger charge is -2.02. The summed E-state index contributed by atoms with van der Waals surface area (Å²) < 4.78 is 3.75. The molecule has 0 radical (unpaired) electrons. The van der Waals surface area contributed by atoms with Gasteiger partial charge in [-0.2, -0.15) is 0 Å². The Balaban J connectivity index is 1.58. The second-order valence-electron chi connectivity index (χ2n) is 4.94. The lowest BCUT2D eigenvalue weighted by atomic mass is 10.3. The Morgan fingerprint density at radius 2 is 2.30 bits per heavy atom. The van der Waals surface area contributed by atoms with Gasteiger partial charge in [0.15, 0.2) is 10.1 Å². The van der Waals surface area contributed by atoms with E-state index in [0.717, 1.165) is 16.6 Å². The largest absolute Gasteiger partial charge is 0.352 e. The molecule has 120 valence electrons.